The van der Waals surface area contributed by atoms with Crippen LogP contribution in [-0.4, -0.2) is 0 Å². The second-order valence-corrected chi connectivity index (χ2v) is 21.0. The molecule has 0 bridgehead atoms. The Bertz CT molecular complexity index is 902. The number of aryl methyl sites for hydroxylation is 1. The molecule has 0 spiro atoms. The van der Waals surface area contributed by atoms with Gasteiger partial charge in [-0.1, -0.05) is 330 Å². The lowest BCUT2D eigenvalue weighted by Gasteiger charge is -2.26. The van der Waals surface area contributed by atoms with Gasteiger partial charge in [-0.2, -0.15) is 0 Å². The molecule has 0 aliphatic carbocycles. The molecule has 0 amide bonds. The molecule has 0 fully saturated rings. The van der Waals surface area contributed by atoms with Crippen molar-refractivity contribution in [1.29, 1.82) is 0 Å². The number of unbranched alkanes of at least 4 members (excludes halogenated alkanes) is 42. The maximum atomic E-state index is 4.20. The van der Waals surface area contributed by atoms with Crippen molar-refractivity contribution in [3.8, 4) is 0 Å². The molecule has 0 N–H and O–H groups in total. The molecule has 0 saturated carbocycles. The SMILES string of the molecule is CCCCCCCCCCCCCCCCCCCCCCCCc1ccccc1C(C)(Br)CCCCCCCCCCCCCCCCCCCCCCCC. The average Bonchev–Trinajstić information content (AvgIpc) is 3.21. The first-order valence-electron chi connectivity index (χ1n) is 26.9. The molecule has 1 heteroatoms. The zero-order valence-corrected chi connectivity index (χ0v) is 41.3. The van der Waals surface area contributed by atoms with E-state index in [1.807, 2.05) is 0 Å². The summed E-state index contributed by atoms with van der Waals surface area (Å²) in [5, 5.41) is 0. The Balaban J connectivity index is 1.91. The first kappa shape index (κ1) is 54.7. The fourth-order valence-electron chi connectivity index (χ4n) is 9.37. The third-order valence-corrected chi connectivity index (χ3v) is 14.2. The smallest absolute Gasteiger partial charge is 0.0480 e. The maximum Gasteiger partial charge on any atom is 0.0480 e. The molecule has 1 aromatic rings. The standard InChI is InChI=1S/C56H105Br/c1-4-6-8-10-12-14-16-18-20-22-24-26-28-30-32-34-36-38-40-42-44-46-50-54-51-47-48-52-55(54)56(3,57)53-49-45-43-41-39-37-35-33-31-29-27-25-23-21-19-17-15-13-11-9-7-5-2/h47-48,51-52H,4-46,49-50,53H2,1-3H3. The normalized spacial score (nSPS) is 12.8. The number of alkyl halides is 1. The number of hydrogen-bond donors (Lipinski definition) is 0. The van der Waals surface area contributed by atoms with Gasteiger partial charge >= 0.3 is 0 Å². The van der Waals surface area contributed by atoms with Gasteiger partial charge in [-0.15, -0.1) is 0 Å². The highest BCUT2D eigenvalue weighted by Crippen LogP contribution is 2.38. The predicted octanol–water partition coefficient (Wildman–Crippen LogP) is 21.4. The van der Waals surface area contributed by atoms with Gasteiger partial charge in [-0.25, -0.2) is 0 Å². The van der Waals surface area contributed by atoms with Crippen molar-refractivity contribution in [2.75, 3.05) is 0 Å². The lowest BCUT2D eigenvalue weighted by atomic mass is 9.88. The molecule has 0 aromatic heterocycles. The Labute approximate surface area is 370 Å². The van der Waals surface area contributed by atoms with Gasteiger partial charge in [-0.3, -0.25) is 0 Å². The van der Waals surface area contributed by atoms with E-state index in [1.54, 1.807) is 11.1 Å². The van der Waals surface area contributed by atoms with Crippen LogP contribution in [0.25, 0.3) is 0 Å². The highest BCUT2D eigenvalue weighted by molar-refractivity contribution is 9.09. The quantitative estimate of drug-likeness (QED) is 0.0453. The van der Waals surface area contributed by atoms with Gasteiger partial charge in [0.2, 0.25) is 0 Å². The topological polar surface area (TPSA) is 0 Å². The van der Waals surface area contributed by atoms with Crippen molar-refractivity contribution >= 4 is 15.9 Å². The lowest BCUT2D eigenvalue weighted by molar-refractivity contribution is 0.510. The van der Waals surface area contributed by atoms with Crippen molar-refractivity contribution in [2.24, 2.45) is 0 Å². The largest absolute Gasteiger partial charge is 0.0804 e. The van der Waals surface area contributed by atoms with Gasteiger partial charge in [0.1, 0.15) is 0 Å². The Hall–Kier alpha value is -0.300. The van der Waals surface area contributed by atoms with Crippen molar-refractivity contribution in [2.45, 2.75) is 320 Å². The Morgan fingerprint density at radius 2 is 0.544 bits per heavy atom. The minimum absolute atomic E-state index is 0.115. The summed E-state index contributed by atoms with van der Waals surface area (Å²) in [6.07, 6.45) is 66.5. The van der Waals surface area contributed by atoms with Crippen LogP contribution in [0.15, 0.2) is 24.3 Å². The summed E-state index contributed by atoms with van der Waals surface area (Å²) >= 11 is 4.20. The van der Waals surface area contributed by atoms with Crippen LogP contribution in [0.1, 0.15) is 321 Å². The molecular formula is C56H105Br. The molecule has 0 saturated heterocycles. The van der Waals surface area contributed by atoms with Crippen molar-refractivity contribution in [3.05, 3.63) is 35.4 Å². The molecule has 1 atom stereocenters. The fraction of sp³-hybridized carbons (Fsp3) is 0.893. The molecule has 1 rings (SSSR count). The van der Waals surface area contributed by atoms with Crippen LogP contribution in [0.5, 0.6) is 0 Å². The molecule has 0 heterocycles. The van der Waals surface area contributed by atoms with Crippen LogP contribution in [0.3, 0.4) is 0 Å². The van der Waals surface area contributed by atoms with Crippen LogP contribution in [-0.2, 0) is 10.7 Å². The summed E-state index contributed by atoms with van der Waals surface area (Å²) < 4.78 is 0.115. The minimum Gasteiger partial charge on any atom is -0.0804 e. The molecular weight excluding hydrogens is 753 g/mol. The molecule has 0 nitrogen and oxygen atoms in total. The van der Waals surface area contributed by atoms with Crippen LogP contribution >= 0.6 is 15.9 Å². The van der Waals surface area contributed by atoms with Gasteiger partial charge in [-0.05, 0) is 37.3 Å². The van der Waals surface area contributed by atoms with Crippen LogP contribution in [0.2, 0.25) is 0 Å². The van der Waals surface area contributed by atoms with E-state index in [4.69, 9.17) is 0 Å². The summed E-state index contributed by atoms with van der Waals surface area (Å²) in [5.41, 5.74) is 3.14. The molecule has 0 aliphatic rings. The second-order valence-electron chi connectivity index (χ2n) is 19.2. The van der Waals surface area contributed by atoms with E-state index in [0.29, 0.717) is 0 Å². The molecule has 1 aromatic carbocycles. The van der Waals surface area contributed by atoms with E-state index in [-0.39, 0.29) is 4.32 Å². The van der Waals surface area contributed by atoms with Gasteiger partial charge < -0.3 is 0 Å². The number of rotatable bonds is 47. The highest BCUT2D eigenvalue weighted by atomic mass is 79.9. The van der Waals surface area contributed by atoms with E-state index in [9.17, 15) is 0 Å². The average molecular weight is 858 g/mol. The van der Waals surface area contributed by atoms with E-state index >= 15 is 0 Å². The van der Waals surface area contributed by atoms with Gasteiger partial charge in [0.25, 0.3) is 0 Å². The third-order valence-electron chi connectivity index (χ3n) is 13.4. The zero-order valence-electron chi connectivity index (χ0n) is 39.7. The van der Waals surface area contributed by atoms with Crippen molar-refractivity contribution < 1.29 is 0 Å². The Morgan fingerprint density at radius 3 is 0.825 bits per heavy atom. The lowest BCUT2D eigenvalue weighted by Crippen LogP contribution is -2.15. The zero-order chi connectivity index (χ0) is 41.0. The summed E-state index contributed by atoms with van der Waals surface area (Å²) in [6, 6.07) is 9.33. The summed E-state index contributed by atoms with van der Waals surface area (Å²) in [4.78, 5) is 0. The Kier molecular flexibility index (Phi) is 42.0. The molecule has 1 unspecified atom stereocenters. The molecule has 0 radical (unpaired) electrons. The highest BCUT2D eigenvalue weighted by Gasteiger charge is 2.24. The number of benzene rings is 1. The van der Waals surface area contributed by atoms with Gasteiger partial charge in [0, 0.05) is 4.32 Å². The second kappa shape index (κ2) is 43.8. The van der Waals surface area contributed by atoms with E-state index in [2.05, 4.69) is 61.0 Å². The van der Waals surface area contributed by atoms with E-state index < -0.39 is 0 Å². The molecule has 57 heavy (non-hydrogen) atoms. The number of hydrogen-bond acceptors (Lipinski definition) is 0. The summed E-state index contributed by atoms with van der Waals surface area (Å²) in [6.45, 7) is 7.06. The monoisotopic (exact) mass is 857 g/mol. The van der Waals surface area contributed by atoms with Crippen LogP contribution in [0, 0.1) is 0 Å². The third kappa shape index (κ3) is 37.2. The van der Waals surface area contributed by atoms with E-state index in [1.165, 1.54) is 295 Å². The molecule has 0 aliphatic heterocycles. The molecule has 336 valence electrons. The number of halogens is 1. The van der Waals surface area contributed by atoms with E-state index in [0.717, 1.165) is 0 Å². The minimum atomic E-state index is 0.115. The van der Waals surface area contributed by atoms with Crippen molar-refractivity contribution in [3.63, 3.8) is 0 Å². The fourth-order valence-corrected chi connectivity index (χ4v) is 10.0. The first-order chi connectivity index (χ1) is 28.1. The Morgan fingerprint density at radius 1 is 0.316 bits per heavy atom. The van der Waals surface area contributed by atoms with Crippen LogP contribution < -0.4 is 0 Å². The summed E-state index contributed by atoms with van der Waals surface area (Å²) in [7, 11) is 0. The maximum absolute atomic E-state index is 4.20. The first-order valence-corrected chi connectivity index (χ1v) is 27.7. The van der Waals surface area contributed by atoms with Crippen LogP contribution in [0.4, 0.5) is 0 Å². The summed E-state index contributed by atoms with van der Waals surface area (Å²) in [5.74, 6) is 0. The predicted molar refractivity (Wildman–Crippen MR) is 266 cm³/mol. The van der Waals surface area contributed by atoms with Crippen molar-refractivity contribution in [1.82, 2.24) is 0 Å². The van der Waals surface area contributed by atoms with Gasteiger partial charge in [0.05, 0.1) is 0 Å². The van der Waals surface area contributed by atoms with Gasteiger partial charge in [0.15, 0.2) is 0 Å².